The Kier molecular flexibility index (Phi) is 9.41. The Bertz CT molecular complexity index is 1070. The van der Waals surface area contributed by atoms with Crippen molar-refractivity contribution in [2.45, 2.75) is 70.9 Å². The van der Waals surface area contributed by atoms with E-state index in [1.54, 1.807) is 0 Å². The maximum Gasteiger partial charge on any atom is 0.216 e. The minimum absolute atomic E-state index is 0. The van der Waals surface area contributed by atoms with Crippen LogP contribution in [0.5, 0.6) is 5.88 Å². The predicted octanol–water partition coefficient (Wildman–Crippen LogP) is 6.12. The van der Waals surface area contributed by atoms with Crippen LogP contribution in [0.1, 0.15) is 70.6 Å². The molecule has 1 aromatic heterocycles. The molecule has 3 fully saturated rings. The fourth-order valence-electron chi connectivity index (χ4n) is 6.08. The molecular formula is C28H40BrFN4O2S. The predicted molar refractivity (Wildman–Crippen MR) is 158 cm³/mol. The van der Waals surface area contributed by atoms with Gasteiger partial charge in [-0.2, -0.15) is 13.5 Å². The molecule has 1 aromatic rings. The Labute approximate surface area is 236 Å². The van der Waals surface area contributed by atoms with Crippen molar-refractivity contribution in [1.82, 2.24) is 9.88 Å². The van der Waals surface area contributed by atoms with E-state index in [0.29, 0.717) is 35.0 Å². The third kappa shape index (κ3) is 5.52. The topological polar surface area (TPSA) is 50.2 Å². The van der Waals surface area contributed by atoms with Crippen molar-refractivity contribution in [3.05, 3.63) is 27.9 Å². The van der Waals surface area contributed by atoms with Crippen LogP contribution in [-0.4, -0.2) is 73.2 Å². The first-order valence-electron chi connectivity index (χ1n) is 13.5. The third-order valence-corrected chi connectivity index (χ3v) is 8.92. The summed E-state index contributed by atoms with van der Waals surface area (Å²) >= 11 is 3.53. The van der Waals surface area contributed by atoms with Gasteiger partial charge in [0, 0.05) is 42.9 Å². The van der Waals surface area contributed by atoms with Crippen LogP contribution in [0.15, 0.2) is 21.6 Å². The maximum atomic E-state index is 16.0. The molecule has 0 aromatic carbocycles. The molecular weight excluding hydrogens is 555 g/mol. The van der Waals surface area contributed by atoms with Gasteiger partial charge in [-0.1, -0.05) is 13.0 Å². The minimum atomic E-state index is -0.378. The molecule has 4 aliphatic rings. The number of rotatable bonds is 6. The largest absolute Gasteiger partial charge is 0.476 e. The zero-order valence-electron chi connectivity index (χ0n) is 22.3. The van der Waals surface area contributed by atoms with Gasteiger partial charge in [-0.15, -0.1) is 0 Å². The molecule has 0 saturated carbocycles. The molecule has 3 saturated heterocycles. The highest BCUT2D eigenvalue weighted by atomic mass is 79.9. The number of anilines is 1. The van der Waals surface area contributed by atoms with Crippen molar-refractivity contribution in [1.29, 1.82) is 0 Å². The molecule has 9 heteroatoms. The molecule has 4 heterocycles. The first-order chi connectivity index (χ1) is 17.5. The van der Waals surface area contributed by atoms with Crippen molar-refractivity contribution in [3.8, 4) is 5.88 Å². The molecule has 0 bridgehead atoms. The fraction of sp³-hybridized carbons (Fsp3) is 0.643. The molecule has 0 spiro atoms. The van der Waals surface area contributed by atoms with E-state index < -0.39 is 0 Å². The summed E-state index contributed by atoms with van der Waals surface area (Å²) in [5.74, 6) is 0.118. The Balaban J connectivity index is 0.00000320. The number of halogens is 2. The van der Waals surface area contributed by atoms with E-state index in [0.717, 1.165) is 75.3 Å². The van der Waals surface area contributed by atoms with E-state index in [1.807, 2.05) is 19.1 Å². The first kappa shape index (κ1) is 28.6. The number of hydrogen-bond donors (Lipinski definition) is 0. The molecule has 6 nitrogen and oxygen atoms in total. The SMILES string of the molecule is C/C=C1\C(=NC(C)CC)C(Br)=C(F)c2nc(OCC34CCCN3CCC4)cc(N3CCCOCC3)c21.S. The Morgan fingerprint density at radius 2 is 1.97 bits per heavy atom. The second kappa shape index (κ2) is 12.2. The molecule has 1 atom stereocenters. The van der Waals surface area contributed by atoms with Gasteiger partial charge in [0.15, 0.2) is 5.83 Å². The lowest BCUT2D eigenvalue weighted by molar-refractivity contribution is 0.111. The quantitative estimate of drug-likeness (QED) is 0.397. The molecule has 37 heavy (non-hydrogen) atoms. The van der Waals surface area contributed by atoms with Crippen molar-refractivity contribution in [2.75, 3.05) is 50.9 Å². The lowest BCUT2D eigenvalue weighted by Gasteiger charge is -2.33. The number of pyridine rings is 1. The maximum absolute atomic E-state index is 16.0. The summed E-state index contributed by atoms with van der Waals surface area (Å²) < 4.78 is 28.5. The number of aromatic nitrogens is 1. The Hall–Kier alpha value is -1.42. The highest BCUT2D eigenvalue weighted by Gasteiger charge is 2.45. The van der Waals surface area contributed by atoms with Gasteiger partial charge in [-0.05, 0) is 81.4 Å². The number of nitrogens with zero attached hydrogens (tertiary/aromatic N) is 4. The highest BCUT2D eigenvalue weighted by Crippen LogP contribution is 2.45. The first-order valence-corrected chi connectivity index (χ1v) is 14.3. The minimum Gasteiger partial charge on any atom is -0.476 e. The van der Waals surface area contributed by atoms with Gasteiger partial charge in [0.1, 0.15) is 12.3 Å². The van der Waals surface area contributed by atoms with Crippen molar-refractivity contribution in [3.63, 3.8) is 0 Å². The summed E-state index contributed by atoms with van der Waals surface area (Å²) in [7, 11) is 0. The standard InChI is InChI=1S/C28H38BrFN4O2.H2S/c1-4-19(3)31-26-20(5-2)23-21(33-11-8-15-35-16-14-33)17-22(32-27(23)25(30)24(26)29)36-18-28-9-6-12-34(28)13-7-10-28;/h5,17,19H,4,6-16,18H2,1-3H3;1H2/b20-5-,31-26?;. The number of aliphatic imine (C=N–C) groups is 1. The summed E-state index contributed by atoms with van der Waals surface area (Å²) in [6, 6.07) is 2.11. The molecule has 1 aliphatic carbocycles. The zero-order chi connectivity index (χ0) is 25.3. The van der Waals surface area contributed by atoms with Crippen LogP contribution in [0.4, 0.5) is 10.1 Å². The second-order valence-electron chi connectivity index (χ2n) is 10.4. The van der Waals surface area contributed by atoms with Gasteiger partial charge in [0.25, 0.3) is 0 Å². The van der Waals surface area contributed by atoms with Gasteiger partial charge in [0.2, 0.25) is 5.88 Å². The van der Waals surface area contributed by atoms with Crippen LogP contribution in [-0.2, 0) is 4.74 Å². The van der Waals surface area contributed by atoms with E-state index in [1.165, 1.54) is 12.8 Å². The van der Waals surface area contributed by atoms with Crippen LogP contribution in [0, 0.1) is 0 Å². The lowest BCUT2D eigenvalue weighted by atomic mass is 9.90. The molecule has 1 unspecified atom stereocenters. The van der Waals surface area contributed by atoms with E-state index in [-0.39, 0.29) is 30.9 Å². The smallest absolute Gasteiger partial charge is 0.216 e. The molecule has 0 amide bonds. The normalized spacial score (nSPS) is 24.6. The van der Waals surface area contributed by atoms with Crippen LogP contribution in [0.2, 0.25) is 0 Å². The van der Waals surface area contributed by atoms with Crippen molar-refractivity contribution >= 4 is 52.2 Å². The second-order valence-corrected chi connectivity index (χ2v) is 11.2. The summed E-state index contributed by atoms with van der Waals surface area (Å²) in [6.07, 6.45) is 8.59. The summed E-state index contributed by atoms with van der Waals surface area (Å²) in [4.78, 5) is 14.5. The van der Waals surface area contributed by atoms with E-state index >= 15 is 4.39 Å². The molecule has 3 aliphatic heterocycles. The Morgan fingerprint density at radius 3 is 2.68 bits per heavy atom. The van der Waals surface area contributed by atoms with Crippen molar-refractivity contribution in [2.24, 2.45) is 4.99 Å². The number of ether oxygens (including phenoxy) is 2. The van der Waals surface area contributed by atoms with Crippen LogP contribution in [0.3, 0.4) is 0 Å². The van der Waals surface area contributed by atoms with Crippen LogP contribution < -0.4 is 9.64 Å². The van der Waals surface area contributed by atoms with Gasteiger partial charge in [-0.25, -0.2) is 9.37 Å². The third-order valence-electron chi connectivity index (χ3n) is 8.20. The fourth-order valence-corrected chi connectivity index (χ4v) is 6.58. The van der Waals surface area contributed by atoms with Gasteiger partial charge in [0.05, 0.1) is 28.0 Å². The van der Waals surface area contributed by atoms with E-state index in [4.69, 9.17) is 19.5 Å². The highest BCUT2D eigenvalue weighted by molar-refractivity contribution is 9.12. The van der Waals surface area contributed by atoms with Gasteiger partial charge in [-0.3, -0.25) is 9.89 Å². The van der Waals surface area contributed by atoms with Gasteiger partial charge < -0.3 is 14.4 Å². The number of fused-ring (bicyclic) bond motifs is 2. The molecule has 5 rings (SSSR count). The zero-order valence-corrected chi connectivity index (χ0v) is 24.9. The summed E-state index contributed by atoms with van der Waals surface area (Å²) in [5.41, 5.74) is 3.76. The summed E-state index contributed by atoms with van der Waals surface area (Å²) in [6.45, 7) is 12.0. The van der Waals surface area contributed by atoms with E-state index in [2.05, 4.69) is 39.6 Å². The molecule has 0 N–H and O–H groups in total. The van der Waals surface area contributed by atoms with Crippen LogP contribution >= 0.6 is 29.4 Å². The summed E-state index contributed by atoms with van der Waals surface area (Å²) in [5, 5.41) is 0. The van der Waals surface area contributed by atoms with Crippen molar-refractivity contribution < 1.29 is 13.9 Å². The van der Waals surface area contributed by atoms with E-state index in [9.17, 15) is 0 Å². The number of allylic oxidation sites excluding steroid dienone is 3. The average molecular weight is 596 g/mol. The average Bonchev–Trinajstić information content (AvgIpc) is 3.35. The molecule has 0 radical (unpaired) electrons. The number of hydrogen-bond acceptors (Lipinski definition) is 6. The van der Waals surface area contributed by atoms with Crippen LogP contribution in [0.25, 0.3) is 11.4 Å². The monoisotopic (exact) mass is 594 g/mol. The van der Waals surface area contributed by atoms with Gasteiger partial charge >= 0.3 is 0 Å². The molecule has 204 valence electrons. The lowest BCUT2D eigenvalue weighted by Crippen LogP contribution is -2.43. The Morgan fingerprint density at radius 1 is 1.22 bits per heavy atom.